The maximum atomic E-state index is 12.5. The summed E-state index contributed by atoms with van der Waals surface area (Å²) in [6.07, 6.45) is 3.31. The van der Waals surface area contributed by atoms with Crippen LogP contribution in [0.25, 0.3) is 0 Å². The van der Waals surface area contributed by atoms with Gasteiger partial charge in [-0.25, -0.2) is 4.98 Å². The molecule has 3 rings (SSSR count). The number of hydrogen-bond donors (Lipinski definition) is 1. The third-order valence-corrected chi connectivity index (χ3v) is 4.44. The summed E-state index contributed by atoms with van der Waals surface area (Å²) in [6.45, 7) is 3.96. The summed E-state index contributed by atoms with van der Waals surface area (Å²) < 4.78 is 5.31. The first kappa shape index (κ1) is 15.7. The molecular weight excluding hydrogens is 296 g/mol. The van der Waals surface area contributed by atoms with Gasteiger partial charge in [-0.15, -0.1) is 0 Å². The summed E-state index contributed by atoms with van der Waals surface area (Å²) in [5.74, 6) is 0.310. The number of carbonyl (C=O) groups is 2. The topological polar surface area (TPSA) is 88.8 Å². The van der Waals surface area contributed by atoms with Crippen LogP contribution in [0, 0.1) is 5.92 Å². The van der Waals surface area contributed by atoms with E-state index in [1.54, 1.807) is 18.3 Å². The first-order valence-corrected chi connectivity index (χ1v) is 8.03. The number of anilines is 1. The zero-order valence-electron chi connectivity index (χ0n) is 13.1. The van der Waals surface area contributed by atoms with Crippen molar-refractivity contribution in [2.75, 3.05) is 44.3 Å². The van der Waals surface area contributed by atoms with Crippen molar-refractivity contribution >= 4 is 17.6 Å². The predicted octanol–water partition coefficient (Wildman–Crippen LogP) is 0.256. The van der Waals surface area contributed by atoms with E-state index < -0.39 is 5.91 Å². The highest BCUT2D eigenvalue weighted by molar-refractivity contribution is 5.97. The van der Waals surface area contributed by atoms with E-state index in [0.717, 1.165) is 25.9 Å². The number of nitrogens with two attached hydrogens (primary N) is 1. The van der Waals surface area contributed by atoms with Gasteiger partial charge < -0.3 is 20.3 Å². The molecule has 2 N–H and O–H groups in total. The monoisotopic (exact) mass is 318 g/mol. The van der Waals surface area contributed by atoms with E-state index in [-0.39, 0.29) is 11.8 Å². The van der Waals surface area contributed by atoms with Gasteiger partial charge in [-0.05, 0) is 25.0 Å². The Hall–Kier alpha value is -2.15. The van der Waals surface area contributed by atoms with Gasteiger partial charge in [-0.2, -0.15) is 0 Å². The highest BCUT2D eigenvalue weighted by Crippen LogP contribution is 2.21. The SMILES string of the molecule is NC(=O)c1cccnc1N1CCCN(C(=O)C2CCOC2)CC1. The molecule has 0 radical (unpaired) electrons. The van der Waals surface area contributed by atoms with Gasteiger partial charge in [0.15, 0.2) is 0 Å². The summed E-state index contributed by atoms with van der Waals surface area (Å²) in [4.78, 5) is 32.3. The summed E-state index contributed by atoms with van der Waals surface area (Å²) >= 11 is 0. The van der Waals surface area contributed by atoms with Gasteiger partial charge in [0.25, 0.3) is 5.91 Å². The molecule has 3 heterocycles. The van der Waals surface area contributed by atoms with Crippen molar-refractivity contribution in [2.45, 2.75) is 12.8 Å². The molecule has 1 atom stereocenters. The van der Waals surface area contributed by atoms with Crippen LogP contribution in [0.2, 0.25) is 0 Å². The van der Waals surface area contributed by atoms with Crippen molar-refractivity contribution in [1.82, 2.24) is 9.88 Å². The lowest BCUT2D eigenvalue weighted by molar-refractivity contribution is -0.135. The number of aromatic nitrogens is 1. The van der Waals surface area contributed by atoms with Gasteiger partial charge in [0.2, 0.25) is 5.91 Å². The fourth-order valence-electron chi connectivity index (χ4n) is 3.18. The van der Waals surface area contributed by atoms with Crippen molar-refractivity contribution in [3.8, 4) is 0 Å². The summed E-state index contributed by atoms with van der Waals surface area (Å²) in [5.41, 5.74) is 5.86. The number of pyridine rings is 1. The van der Waals surface area contributed by atoms with Gasteiger partial charge in [0.1, 0.15) is 5.82 Å². The predicted molar refractivity (Wildman–Crippen MR) is 85.1 cm³/mol. The summed E-state index contributed by atoms with van der Waals surface area (Å²) in [5, 5.41) is 0. The summed E-state index contributed by atoms with van der Waals surface area (Å²) in [6, 6.07) is 3.39. The average Bonchev–Trinajstić information content (AvgIpc) is 2.99. The van der Waals surface area contributed by atoms with E-state index in [0.29, 0.717) is 37.7 Å². The molecule has 2 aliphatic heterocycles. The van der Waals surface area contributed by atoms with E-state index in [4.69, 9.17) is 10.5 Å². The molecule has 2 aliphatic rings. The Morgan fingerprint density at radius 2 is 2.13 bits per heavy atom. The lowest BCUT2D eigenvalue weighted by atomic mass is 10.1. The van der Waals surface area contributed by atoms with E-state index in [1.165, 1.54) is 0 Å². The van der Waals surface area contributed by atoms with Gasteiger partial charge in [-0.1, -0.05) is 0 Å². The van der Waals surface area contributed by atoms with Crippen LogP contribution >= 0.6 is 0 Å². The number of ether oxygens (including phenoxy) is 1. The van der Waals surface area contributed by atoms with Crippen LogP contribution in [0.5, 0.6) is 0 Å². The smallest absolute Gasteiger partial charge is 0.252 e. The molecule has 0 spiro atoms. The van der Waals surface area contributed by atoms with E-state index in [1.807, 2.05) is 9.80 Å². The number of rotatable bonds is 3. The second-order valence-electron chi connectivity index (χ2n) is 5.97. The van der Waals surface area contributed by atoms with Crippen molar-refractivity contribution in [2.24, 2.45) is 11.7 Å². The molecule has 2 amide bonds. The molecular formula is C16H22N4O3. The van der Waals surface area contributed by atoms with Crippen LogP contribution in [-0.4, -0.2) is 61.1 Å². The van der Waals surface area contributed by atoms with Gasteiger partial charge in [-0.3, -0.25) is 9.59 Å². The molecule has 7 heteroatoms. The van der Waals surface area contributed by atoms with Crippen molar-refractivity contribution in [1.29, 1.82) is 0 Å². The van der Waals surface area contributed by atoms with Gasteiger partial charge >= 0.3 is 0 Å². The number of hydrogen-bond acceptors (Lipinski definition) is 5. The Kier molecular flexibility index (Phi) is 4.76. The number of amides is 2. The Balaban J connectivity index is 1.69. The second-order valence-corrected chi connectivity index (χ2v) is 5.97. The van der Waals surface area contributed by atoms with E-state index >= 15 is 0 Å². The molecule has 23 heavy (non-hydrogen) atoms. The quantitative estimate of drug-likeness (QED) is 0.863. The second kappa shape index (κ2) is 6.95. The zero-order valence-corrected chi connectivity index (χ0v) is 13.1. The average molecular weight is 318 g/mol. The van der Waals surface area contributed by atoms with Crippen LogP contribution < -0.4 is 10.6 Å². The number of nitrogens with zero attached hydrogens (tertiary/aromatic N) is 3. The van der Waals surface area contributed by atoms with Gasteiger partial charge in [0, 0.05) is 39.0 Å². The third-order valence-electron chi connectivity index (χ3n) is 4.44. The molecule has 1 unspecified atom stereocenters. The van der Waals surface area contributed by atoms with Crippen LogP contribution in [0.4, 0.5) is 5.82 Å². The molecule has 0 bridgehead atoms. The van der Waals surface area contributed by atoms with E-state index in [9.17, 15) is 9.59 Å². The highest BCUT2D eigenvalue weighted by atomic mass is 16.5. The maximum absolute atomic E-state index is 12.5. The molecule has 124 valence electrons. The Bertz CT molecular complexity index is 586. The molecule has 0 aliphatic carbocycles. The highest BCUT2D eigenvalue weighted by Gasteiger charge is 2.29. The number of carbonyl (C=O) groups excluding carboxylic acids is 2. The Morgan fingerprint density at radius 1 is 1.26 bits per heavy atom. The number of primary amides is 1. The minimum absolute atomic E-state index is 0.00224. The summed E-state index contributed by atoms with van der Waals surface area (Å²) in [7, 11) is 0. The van der Waals surface area contributed by atoms with Gasteiger partial charge in [0.05, 0.1) is 18.1 Å². The van der Waals surface area contributed by atoms with Crippen LogP contribution in [0.3, 0.4) is 0 Å². The molecule has 1 aromatic rings. The first-order chi connectivity index (χ1) is 11.2. The van der Waals surface area contributed by atoms with E-state index in [2.05, 4.69) is 4.98 Å². The molecule has 0 aromatic carbocycles. The normalized spacial score (nSPS) is 22.0. The zero-order chi connectivity index (χ0) is 16.2. The molecule has 2 saturated heterocycles. The molecule has 1 aromatic heterocycles. The third kappa shape index (κ3) is 3.44. The minimum Gasteiger partial charge on any atom is -0.381 e. The maximum Gasteiger partial charge on any atom is 0.252 e. The largest absolute Gasteiger partial charge is 0.381 e. The lowest BCUT2D eigenvalue weighted by Crippen LogP contribution is -2.39. The van der Waals surface area contributed by atoms with Crippen LogP contribution in [-0.2, 0) is 9.53 Å². The Labute approximate surface area is 135 Å². The van der Waals surface area contributed by atoms with Crippen molar-refractivity contribution in [3.63, 3.8) is 0 Å². The first-order valence-electron chi connectivity index (χ1n) is 8.03. The minimum atomic E-state index is -0.478. The van der Waals surface area contributed by atoms with Crippen LogP contribution in [0.1, 0.15) is 23.2 Å². The van der Waals surface area contributed by atoms with Crippen molar-refractivity contribution < 1.29 is 14.3 Å². The van der Waals surface area contributed by atoms with Crippen LogP contribution in [0.15, 0.2) is 18.3 Å². The Morgan fingerprint density at radius 3 is 2.87 bits per heavy atom. The molecule has 7 nitrogen and oxygen atoms in total. The standard InChI is InChI=1S/C16H22N4O3/c17-14(21)13-3-1-5-18-15(13)19-6-2-7-20(9-8-19)16(22)12-4-10-23-11-12/h1,3,5,12H,2,4,6-11H2,(H2,17,21). The van der Waals surface area contributed by atoms with Crippen molar-refractivity contribution in [3.05, 3.63) is 23.9 Å². The molecule has 2 fully saturated rings. The fourth-order valence-corrected chi connectivity index (χ4v) is 3.18. The molecule has 0 saturated carbocycles. The fraction of sp³-hybridized carbons (Fsp3) is 0.562. The lowest BCUT2D eigenvalue weighted by Gasteiger charge is -2.25.